The molecule has 1 heterocycles. The van der Waals surface area contributed by atoms with Crippen molar-refractivity contribution in [3.63, 3.8) is 0 Å². The Kier molecular flexibility index (Phi) is 4.00. The van der Waals surface area contributed by atoms with Gasteiger partial charge in [-0.15, -0.1) is 0 Å². The van der Waals surface area contributed by atoms with Gasteiger partial charge in [0.2, 0.25) is 0 Å². The molecule has 0 atom stereocenters. The average Bonchev–Trinajstić information content (AvgIpc) is 2.39. The molecule has 0 aliphatic rings. The van der Waals surface area contributed by atoms with Crippen LogP contribution in [0.5, 0.6) is 0 Å². The minimum Gasteiger partial charge on any atom is -0.446 e. The molecule has 0 radical (unpaired) electrons. The lowest BCUT2D eigenvalue weighted by atomic mass is 10.1. The second-order valence-electron chi connectivity index (χ2n) is 3.55. The summed E-state index contributed by atoms with van der Waals surface area (Å²) in [6, 6.07) is 0. The van der Waals surface area contributed by atoms with Gasteiger partial charge in [0.1, 0.15) is 5.76 Å². The average molecular weight is 181 g/mol. The van der Waals surface area contributed by atoms with Crippen LogP contribution in [0.3, 0.4) is 0 Å². The van der Waals surface area contributed by atoms with Crippen LogP contribution in [-0.2, 0) is 6.42 Å². The van der Waals surface area contributed by atoms with E-state index in [0.717, 1.165) is 23.8 Å². The fourth-order valence-electron chi connectivity index (χ4n) is 1.52. The largest absolute Gasteiger partial charge is 0.446 e. The lowest BCUT2D eigenvalue weighted by Crippen LogP contribution is -1.86. The molecule has 0 unspecified atom stereocenters. The summed E-state index contributed by atoms with van der Waals surface area (Å²) in [5.41, 5.74) is 1.06. The van der Waals surface area contributed by atoms with Gasteiger partial charge >= 0.3 is 0 Å². The molecule has 2 heteroatoms. The third-order valence-electron chi connectivity index (χ3n) is 2.26. The summed E-state index contributed by atoms with van der Waals surface area (Å²) >= 11 is 0. The monoisotopic (exact) mass is 181 g/mol. The Morgan fingerprint density at radius 1 is 1.15 bits per heavy atom. The molecule has 2 nitrogen and oxygen atoms in total. The van der Waals surface area contributed by atoms with Crippen LogP contribution in [0.4, 0.5) is 0 Å². The van der Waals surface area contributed by atoms with E-state index >= 15 is 0 Å². The van der Waals surface area contributed by atoms with Crippen LogP contribution in [0.25, 0.3) is 0 Å². The molecule has 0 N–H and O–H groups in total. The van der Waals surface area contributed by atoms with E-state index in [0.29, 0.717) is 0 Å². The van der Waals surface area contributed by atoms with Crippen LogP contribution in [0.2, 0.25) is 0 Å². The van der Waals surface area contributed by atoms with Crippen LogP contribution in [0.15, 0.2) is 4.42 Å². The van der Waals surface area contributed by atoms with E-state index in [-0.39, 0.29) is 0 Å². The van der Waals surface area contributed by atoms with Crippen LogP contribution >= 0.6 is 0 Å². The second kappa shape index (κ2) is 5.05. The lowest BCUT2D eigenvalue weighted by molar-refractivity contribution is 0.463. The first-order valence-corrected chi connectivity index (χ1v) is 5.17. The zero-order chi connectivity index (χ0) is 9.68. The van der Waals surface area contributed by atoms with E-state index in [9.17, 15) is 0 Å². The fraction of sp³-hybridized carbons (Fsp3) is 0.727. The van der Waals surface area contributed by atoms with Gasteiger partial charge in [-0.1, -0.05) is 26.2 Å². The summed E-state index contributed by atoms with van der Waals surface area (Å²) in [4.78, 5) is 4.24. The smallest absolute Gasteiger partial charge is 0.191 e. The van der Waals surface area contributed by atoms with Gasteiger partial charge in [-0.2, -0.15) is 0 Å². The molecular weight excluding hydrogens is 162 g/mol. The molecule has 0 saturated heterocycles. The highest BCUT2D eigenvalue weighted by molar-refractivity contribution is 5.07. The first-order chi connectivity index (χ1) is 6.24. The Morgan fingerprint density at radius 2 is 1.92 bits per heavy atom. The predicted molar refractivity (Wildman–Crippen MR) is 53.8 cm³/mol. The van der Waals surface area contributed by atoms with Crippen molar-refractivity contribution in [1.82, 2.24) is 4.98 Å². The first-order valence-electron chi connectivity index (χ1n) is 5.17. The van der Waals surface area contributed by atoms with Crippen molar-refractivity contribution in [3.05, 3.63) is 17.3 Å². The molecule has 0 saturated carbocycles. The molecule has 0 bridgehead atoms. The lowest BCUT2D eigenvalue weighted by Gasteiger charge is -1.97. The van der Waals surface area contributed by atoms with Gasteiger partial charge in [0, 0.05) is 13.3 Å². The van der Waals surface area contributed by atoms with Crippen LogP contribution in [0, 0.1) is 13.8 Å². The van der Waals surface area contributed by atoms with Crippen LogP contribution in [0.1, 0.15) is 50.0 Å². The maximum absolute atomic E-state index is 5.48. The molecule has 0 spiro atoms. The minimum absolute atomic E-state index is 0.794. The quantitative estimate of drug-likeness (QED) is 0.650. The number of aryl methyl sites for hydroxylation is 3. The summed E-state index contributed by atoms with van der Waals surface area (Å²) in [5.74, 6) is 1.87. The van der Waals surface area contributed by atoms with Crippen LogP contribution in [-0.4, -0.2) is 4.98 Å². The Labute approximate surface area is 80.4 Å². The Hall–Kier alpha value is -0.790. The highest BCUT2D eigenvalue weighted by atomic mass is 16.4. The molecule has 74 valence electrons. The number of nitrogens with zero attached hydrogens (tertiary/aromatic N) is 1. The number of hydrogen-bond donors (Lipinski definition) is 0. The van der Waals surface area contributed by atoms with Crippen molar-refractivity contribution in [3.8, 4) is 0 Å². The van der Waals surface area contributed by atoms with E-state index in [4.69, 9.17) is 4.42 Å². The molecular formula is C11H19NO. The number of oxazole rings is 1. The first kappa shape index (κ1) is 10.3. The van der Waals surface area contributed by atoms with E-state index in [1.54, 1.807) is 0 Å². The van der Waals surface area contributed by atoms with Crippen molar-refractivity contribution < 1.29 is 4.42 Å². The summed E-state index contributed by atoms with van der Waals surface area (Å²) in [5, 5.41) is 0. The van der Waals surface area contributed by atoms with Gasteiger partial charge < -0.3 is 4.42 Å². The molecule has 0 aliphatic heterocycles. The molecule has 0 fully saturated rings. The fourth-order valence-corrected chi connectivity index (χ4v) is 1.52. The molecule has 1 aromatic rings. The van der Waals surface area contributed by atoms with Crippen molar-refractivity contribution in [1.29, 1.82) is 0 Å². The van der Waals surface area contributed by atoms with Crippen molar-refractivity contribution in [2.45, 2.75) is 52.9 Å². The Morgan fingerprint density at radius 3 is 2.46 bits per heavy atom. The standard InChI is InChI=1S/C11H19NO/c1-4-5-6-7-8-11-9(2)12-10(3)13-11/h4-8H2,1-3H3. The normalized spacial score (nSPS) is 10.7. The van der Waals surface area contributed by atoms with E-state index in [1.165, 1.54) is 25.7 Å². The third kappa shape index (κ3) is 3.21. The maximum Gasteiger partial charge on any atom is 0.191 e. The summed E-state index contributed by atoms with van der Waals surface area (Å²) in [6.45, 7) is 6.15. The minimum atomic E-state index is 0.794. The molecule has 0 aliphatic carbocycles. The molecule has 0 aromatic carbocycles. The summed E-state index contributed by atoms with van der Waals surface area (Å²) < 4.78 is 5.48. The Balaban J connectivity index is 2.32. The predicted octanol–water partition coefficient (Wildman–Crippen LogP) is 3.41. The van der Waals surface area contributed by atoms with Gasteiger partial charge in [0.25, 0.3) is 0 Å². The highest BCUT2D eigenvalue weighted by Crippen LogP contribution is 2.13. The van der Waals surface area contributed by atoms with Gasteiger partial charge in [-0.05, 0) is 13.3 Å². The van der Waals surface area contributed by atoms with Crippen molar-refractivity contribution in [2.24, 2.45) is 0 Å². The van der Waals surface area contributed by atoms with Gasteiger partial charge in [-0.25, -0.2) is 4.98 Å². The van der Waals surface area contributed by atoms with E-state index in [2.05, 4.69) is 11.9 Å². The molecule has 1 rings (SSSR count). The number of rotatable bonds is 5. The van der Waals surface area contributed by atoms with Gasteiger partial charge in [-0.3, -0.25) is 0 Å². The molecule has 0 amide bonds. The van der Waals surface area contributed by atoms with Gasteiger partial charge in [0.15, 0.2) is 5.89 Å². The number of aromatic nitrogens is 1. The van der Waals surface area contributed by atoms with Crippen molar-refractivity contribution >= 4 is 0 Å². The van der Waals surface area contributed by atoms with Gasteiger partial charge in [0.05, 0.1) is 5.69 Å². The van der Waals surface area contributed by atoms with Crippen LogP contribution < -0.4 is 0 Å². The number of unbranched alkanes of at least 4 members (excludes halogenated alkanes) is 3. The Bertz CT molecular complexity index is 253. The van der Waals surface area contributed by atoms with E-state index < -0.39 is 0 Å². The SMILES string of the molecule is CCCCCCc1oc(C)nc1C. The summed E-state index contributed by atoms with van der Waals surface area (Å²) in [7, 11) is 0. The molecule has 13 heavy (non-hydrogen) atoms. The maximum atomic E-state index is 5.48. The zero-order valence-corrected chi connectivity index (χ0v) is 8.89. The van der Waals surface area contributed by atoms with Crippen molar-refractivity contribution in [2.75, 3.05) is 0 Å². The molecule has 1 aromatic heterocycles. The zero-order valence-electron chi connectivity index (χ0n) is 8.89. The highest BCUT2D eigenvalue weighted by Gasteiger charge is 2.05. The van der Waals surface area contributed by atoms with E-state index in [1.807, 2.05) is 13.8 Å². The third-order valence-corrected chi connectivity index (χ3v) is 2.26. The number of hydrogen-bond acceptors (Lipinski definition) is 2. The summed E-state index contributed by atoms with van der Waals surface area (Å²) in [6.07, 6.45) is 6.19. The second-order valence-corrected chi connectivity index (χ2v) is 3.55. The topological polar surface area (TPSA) is 26.0 Å².